The van der Waals surface area contributed by atoms with Gasteiger partial charge in [-0.05, 0) is 24.3 Å². The highest BCUT2D eigenvalue weighted by molar-refractivity contribution is 5.84. The van der Waals surface area contributed by atoms with E-state index in [4.69, 9.17) is 5.26 Å². The van der Waals surface area contributed by atoms with Crippen molar-refractivity contribution in [2.45, 2.75) is 0 Å². The number of rotatable bonds is 1. The number of benzene rings is 1. The van der Waals surface area contributed by atoms with E-state index in [1.165, 1.54) is 23.2 Å². The zero-order valence-electron chi connectivity index (χ0n) is 10.1. The van der Waals surface area contributed by atoms with Gasteiger partial charge < -0.3 is 0 Å². The maximum Gasteiger partial charge on any atom is 0.267 e. The van der Waals surface area contributed by atoms with E-state index in [1.807, 2.05) is 6.07 Å². The van der Waals surface area contributed by atoms with Crippen LogP contribution in [0.4, 0.5) is 4.39 Å². The van der Waals surface area contributed by atoms with Crippen LogP contribution in [0.25, 0.3) is 16.6 Å². The molecule has 0 bridgehead atoms. The Morgan fingerprint density at radius 2 is 2.15 bits per heavy atom. The standard InChI is InChI=1S/C14H7FN4O/c15-11-4-3-9(6-16)12-13(11)18-8-19(14(12)20)10-2-1-5-17-7-10/h1-5,7-8H. The van der Waals surface area contributed by atoms with Gasteiger partial charge in [0.25, 0.3) is 5.56 Å². The van der Waals surface area contributed by atoms with Crippen LogP contribution in [0.15, 0.2) is 47.8 Å². The smallest absolute Gasteiger partial charge is 0.267 e. The summed E-state index contributed by atoms with van der Waals surface area (Å²) in [7, 11) is 0. The highest BCUT2D eigenvalue weighted by atomic mass is 19.1. The SMILES string of the molecule is N#Cc1ccc(F)c2ncn(-c3cccnc3)c(=O)c12. The van der Waals surface area contributed by atoms with Gasteiger partial charge in [0.15, 0.2) is 0 Å². The molecule has 0 N–H and O–H groups in total. The minimum absolute atomic E-state index is 0.0288. The van der Waals surface area contributed by atoms with Gasteiger partial charge in [-0.2, -0.15) is 5.26 Å². The first kappa shape index (κ1) is 12.0. The van der Waals surface area contributed by atoms with Crippen molar-refractivity contribution >= 4 is 10.9 Å². The minimum atomic E-state index is -0.630. The maximum atomic E-state index is 13.7. The second-order valence-corrected chi connectivity index (χ2v) is 4.06. The molecule has 0 aliphatic heterocycles. The Kier molecular flexibility index (Phi) is 2.73. The Morgan fingerprint density at radius 3 is 2.85 bits per heavy atom. The number of hydrogen-bond donors (Lipinski definition) is 0. The van der Waals surface area contributed by atoms with Crippen molar-refractivity contribution < 1.29 is 4.39 Å². The number of fused-ring (bicyclic) bond motifs is 1. The molecule has 6 heteroatoms. The Labute approximate surface area is 112 Å². The lowest BCUT2D eigenvalue weighted by Crippen LogP contribution is -2.20. The van der Waals surface area contributed by atoms with E-state index in [1.54, 1.807) is 18.3 Å². The summed E-state index contributed by atoms with van der Waals surface area (Å²) in [6.07, 6.45) is 4.29. The van der Waals surface area contributed by atoms with Crippen molar-refractivity contribution in [1.82, 2.24) is 14.5 Å². The van der Waals surface area contributed by atoms with E-state index in [9.17, 15) is 9.18 Å². The predicted molar refractivity (Wildman–Crippen MR) is 69.8 cm³/mol. The number of pyridine rings is 1. The fourth-order valence-corrected chi connectivity index (χ4v) is 1.97. The molecule has 0 aliphatic rings. The molecule has 5 nitrogen and oxygen atoms in total. The topological polar surface area (TPSA) is 71.6 Å². The Bertz CT molecular complexity index is 897. The fraction of sp³-hybridized carbons (Fsp3) is 0. The Morgan fingerprint density at radius 1 is 1.30 bits per heavy atom. The van der Waals surface area contributed by atoms with Crippen LogP contribution in [-0.4, -0.2) is 14.5 Å². The molecule has 2 aromatic heterocycles. The molecular weight excluding hydrogens is 259 g/mol. The molecule has 20 heavy (non-hydrogen) atoms. The number of hydrogen-bond acceptors (Lipinski definition) is 4. The number of halogens is 1. The summed E-state index contributed by atoms with van der Waals surface area (Å²) in [5, 5.41) is 9.02. The fourth-order valence-electron chi connectivity index (χ4n) is 1.97. The zero-order valence-corrected chi connectivity index (χ0v) is 10.1. The van der Waals surface area contributed by atoms with Gasteiger partial charge in [0, 0.05) is 6.20 Å². The molecule has 0 aliphatic carbocycles. The molecule has 96 valence electrons. The van der Waals surface area contributed by atoms with Crippen molar-refractivity contribution in [1.29, 1.82) is 5.26 Å². The van der Waals surface area contributed by atoms with E-state index >= 15 is 0 Å². The summed E-state index contributed by atoms with van der Waals surface area (Å²) < 4.78 is 14.9. The van der Waals surface area contributed by atoms with Crippen molar-refractivity contribution in [2.24, 2.45) is 0 Å². The van der Waals surface area contributed by atoms with Gasteiger partial charge in [-0.25, -0.2) is 9.37 Å². The zero-order chi connectivity index (χ0) is 14.1. The summed E-state index contributed by atoms with van der Waals surface area (Å²) >= 11 is 0. The summed E-state index contributed by atoms with van der Waals surface area (Å²) in [5.41, 5.74) is -0.00886. The average molecular weight is 266 g/mol. The molecule has 0 atom stereocenters. The van der Waals surface area contributed by atoms with Crippen LogP contribution in [0.3, 0.4) is 0 Å². The quantitative estimate of drug-likeness (QED) is 0.673. The molecule has 0 amide bonds. The molecule has 2 heterocycles. The second kappa shape index (κ2) is 4.55. The van der Waals surface area contributed by atoms with Gasteiger partial charge in [-0.1, -0.05) is 0 Å². The van der Waals surface area contributed by atoms with Gasteiger partial charge in [-0.15, -0.1) is 0 Å². The van der Waals surface area contributed by atoms with Crippen LogP contribution in [0.2, 0.25) is 0 Å². The summed E-state index contributed by atoms with van der Waals surface area (Å²) in [6, 6.07) is 7.62. The van der Waals surface area contributed by atoms with E-state index in [0.717, 1.165) is 6.07 Å². The summed E-state index contributed by atoms with van der Waals surface area (Å²) in [4.78, 5) is 20.3. The van der Waals surface area contributed by atoms with Crippen LogP contribution < -0.4 is 5.56 Å². The van der Waals surface area contributed by atoms with Gasteiger partial charge in [0.2, 0.25) is 0 Å². The van der Waals surface area contributed by atoms with Crippen molar-refractivity contribution in [3.05, 3.63) is 64.7 Å². The van der Waals surface area contributed by atoms with E-state index in [2.05, 4.69) is 9.97 Å². The van der Waals surface area contributed by atoms with Crippen LogP contribution >= 0.6 is 0 Å². The van der Waals surface area contributed by atoms with Crippen molar-refractivity contribution in [3.63, 3.8) is 0 Å². The molecule has 0 unspecified atom stereocenters. The van der Waals surface area contributed by atoms with Crippen LogP contribution in [0.5, 0.6) is 0 Å². The van der Waals surface area contributed by atoms with Gasteiger partial charge in [0.1, 0.15) is 23.7 Å². The highest BCUT2D eigenvalue weighted by Gasteiger charge is 2.13. The average Bonchev–Trinajstić information content (AvgIpc) is 2.49. The molecule has 0 saturated heterocycles. The van der Waals surface area contributed by atoms with E-state index in [0.29, 0.717) is 5.69 Å². The van der Waals surface area contributed by atoms with Gasteiger partial charge in [-0.3, -0.25) is 14.3 Å². The number of nitriles is 1. The second-order valence-electron chi connectivity index (χ2n) is 4.06. The Hall–Kier alpha value is -3.07. The van der Waals surface area contributed by atoms with E-state index in [-0.39, 0.29) is 16.5 Å². The third kappa shape index (κ3) is 1.73. The molecule has 1 aromatic carbocycles. The highest BCUT2D eigenvalue weighted by Crippen LogP contribution is 2.16. The summed E-state index contributed by atoms with van der Waals surface area (Å²) in [5.74, 6) is -0.630. The Balaban J connectivity index is 2.43. The lowest BCUT2D eigenvalue weighted by molar-refractivity contribution is 0.635. The molecule has 0 radical (unpaired) electrons. The third-order valence-corrected chi connectivity index (χ3v) is 2.91. The van der Waals surface area contributed by atoms with Gasteiger partial charge >= 0.3 is 0 Å². The summed E-state index contributed by atoms with van der Waals surface area (Å²) in [6.45, 7) is 0. The normalized spacial score (nSPS) is 10.4. The molecule has 0 spiro atoms. The molecular formula is C14H7FN4O. The predicted octanol–water partition coefficient (Wildman–Crippen LogP) is 1.79. The van der Waals surface area contributed by atoms with Gasteiger partial charge in [0.05, 0.1) is 22.8 Å². The van der Waals surface area contributed by atoms with Crippen molar-refractivity contribution in [3.8, 4) is 11.8 Å². The van der Waals surface area contributed by atoms with Crippen LogP contribution in [0, 0.1) is 17.1 Å². The number of nitrogens with zero attached hydrogens (tertiary/aromatic N) is 4. The lowest BCUT2D eigenvalue weighted by Gasteiger charge is -2.07. The molecule has 3 rings (SSSR count). The molecule has 0 saturated carbocycles. The monoisotopic (exact) mass is 266 g/mol. The van der Waals surface area contributed by atoms with Crippen LogP contribution in [-0.2, 0) is 0 Å². The maximum absolute atomic E-state index is 13.7. The van der Waals surface area contributed by atoms with Crippen LogP contribution in [0.1, 0.15) is 5.56 Å². The first-order valence-corrected chi connectivity index (χ1v) is 5.73. The largest absolute Gasteiger partial charge is 0.268 e. The third-order valence-electron chi connectivity index (χ3n) is 2.91. The number of aromatic nitrogens is 3. The van der Waals surface area contributed by atoms with Crippen molar-refractivity contribution in [2.75, 3.05) is 0 Å². The first-order chi connectivity index (χ1) is 9.72. The minimum Gasteiger partial charge on any atom is -0.268 e. The van der Waals surface area contributed by atoms with E-state index < -0.39 is 11.4 Å². The molecule has 0 fully saturated rings. The lowest BCUT2D eigenvalue weighted by atomic mass is 10.1. The first-order valence-electron chi connectivity index (χ1n) is 5.73. The molecule has 3 aromatic rings.